The van der Waals surface area contributed by atoms with Crippen molar-refractivity contribution in [2.75, 3.05) is 13.1 Å². The number of nitrogens with one attached hydrogen (secondary N) is 1. The zero-order valence-corrected chi connectivity index (χ0v) is 12.7. The Bertz CT molecular complexity index is 536. The first kappa shape index (κ1) is 15.0. The highest BCUT2D eigenvalue weighted by molar-refractivity contribution is 9.10. The third-order valence-electron chi connectivity index (χ3n) is 3.22. The second-order valence-electron chi connectivity index (χ2n) is 4.94. The van der Waals surface area contributed by atoms with Crippen molar-refractivity contribution in [1.29, 1.82) is 0 Å². The van der Waals surface area contributed by atoms with Crippen molar-refractivity contribution < 1.29 is 14.0 Å². The van der Waals surface area contributed by atoms with Gasteiger partial charge in [-0.2, -0.15) is 0 Å². The van der Waals surface area contributed by atoms with Crippen LogP contribution in [-0.4, -0.2) is 35.8 Å². The average Bonchev–Trinajstić information content (AvgIpc) is 2.74. The minimum Gasteiger partial charge on any atom is -0.348 e. The molecule has 2 amide bonds. The summed E-state index contributed by atoms with van der Waals surface area (Å²) in [6, 6.07) is 4.09. The van der Waals surface area contributed by atoms with Gasteiger partial charge in [0.05, 0.1) is 5.56 Å². The van der Waals surface area contributed by atoms with E-state index in [0.29, 0.717) is 17.4 Å². The SMILES string of the molecule is C[C@@H](CN1CCCC1=O)NC(=O)c1ccc(Br)cc1F. The fourth-order valence-electron chi connectivity index (χ4n) is 2.25. The summed E-state index contributed by atoms with van der Waals surface area (Å²) in [6.07, 6.45) is 1.43. The molecule has 1 fully saturated rings. The van der Waals surface area contributed by atoms with Gasteiger partial charge in [-0.3, -0.25) is 9.59 Å². The minimum atomic E-state index is -0.568. The van der Waals surface area contributed by atoms with Gasteiger partial charge >= 0.3 is 0 Å². The first-order chi connectivity index (χ1) is 9.47. The molecule has 0 spiro atoms. The lowest BCUT2D eigenvalue weighted by molar-refractivity contribution is -0.127. The Kier molecular flexibility index (Phi) is 4.75. The van der Waals surface area contributed by atoms with Crippen LogP contribution in [0.4, 0.5) is 4.39 Å². The van der Waals surface area contributed by atoms with Gasteiger partial charge in [-0.05, 0) is 31.5 Å². The van der Waals surface area contributed by atoms with E-state index in [1.165, 1.54) is 12.1 Å². The minimum absolute atomic E-state index is 0.00722. The Balaban J connectivity index is 1.95. The fraction of sp³-hybridized carbons (Fsp3) is 0.429. The smallest absolute Gasteiger partial charge is 0.254 e. The molecule has 1 atom stereocenters. The number of nitrogens with zero attached hydrogens (tertiary/aromatic N) is 1. The highest BCUT2D eigenvalue weighted by atomic mass is 79.9. The molecule has 2 rings (SSSR count). The lowest BCUT2D eigenvalue weighted by Crippen LogP contribution is -2.42. The van der Waals surface area contributed by atoms with Crippen molar-refractivity contribution in [3.8, 4) is 0 Å². The van der Waals surface area contributed by atoms with Crippen molar-refractivity contribution in [2.24, 2.45) is 0 Å². The number of rotatable bonds is 4. The maximum absolute atomic E-state index is 13.7. The summed E-state index contributed by atoms with van der Waals surface area (Å²) in [5, 5.41) is 2.72. The molecule has 0 saturated carbocycles. The van der Waals surface area contributed by atoms with Gasteiger partial charge in [-0.25, -0.2) is 4.39 Å². The van der Waals surface area contributed by atoms with Crippen LogP contribution in [0.2, 0.25) is 0 Å². The zero-order chi connectivity index (χ0) is 14.7. The van der Waals surface area contributed by atoms with Crippen molar-refractivity contribution in [1.82, 2.24) is 10.2 Å². The standard InChI is InChI=1S/C14H16BrFN2O2/c1-9(8-18-6-2-3-13(18)19)17-14(20)11-5-4-10(15)7-12(11)16/h4-5,7,9H,2-3,6,8H2,1H3,(H,17,20)/t9-/m0/s1. The summed E-state index contributed by atoms with van der Waals surface area (Å²) < 4.78 is 14.2. The van der Waals surface area contributed by atoms with E-state index in [1.807, 2.05) is 0 Å². The highest BCUT2D eigenvalue weighted by Crippen LogP contribution is 2.15. The second-order valence-corrected chi connectivity index (χ2v) is 5.86. The molecule has 0 bridgehead atoms. The Morgan fingerprint density at radius 3 is 2.90 bits per heavy atom. The van der Waals surface area contributed by atoms with Gasteiger partial charge in [0, 0.05) is 30.0 Å². The Labute approximate surface area is 125 Å². The van der Waals surface area contributed by atoms with Gasteiger partial charge in [0.15, 0.2) is 0 Å². The zero-order valence-electron chi connectivity index (χ0n) is 11.2. The van der Waals surface area contributed by atoms with Gasteiger partial charge < -0.3 is 10.2 Å². The van der Waals surface area contributed by atoms with E-state index in [9.17, 15) is 14.0 Å². The molecule has 108 valence electrons. The molecule has 4 nitrogen and oxygen atoms in total. The lowest BCUT2D eigenvalue weighted by atomic mass is 10.2. The number of carbonyl (C=O) groups is 2. The van der Waals surface area contributed by atoms with Crippen molar-refractivity contribution >= 4 is 27.7 Å². The molecule has 1 aromatic carbocycles. The summed E-state index contributed by atoms with van der Waals surface area (Å²) in [6.45, 7) is 2.99. The molecule has 0 unspecified atom stereocenters. The third-order valence-corrected chi connectivity index (χ3v) is 3.71. The maximum Gasteiger partial charge on any atom is 0.254 e. The first-order valence-electron chi connectivity index (χ1n) is 6.51. The molecule has 1 aliphatic rings. The van der Waals surface area contributed by atoms with Crippen LogP contribution in [0.5, 0.6) is 0 Å². The molecular formula is C14H16BrFN2O2. The van der Waals surface area contributed by atoms with Gasteiger partial charge in [0.2, 0.25) is 5.91 Å². The number of hydrogen-bond acceptors (Lipinski definition) is 2. The number of halogens is 2. The van der Waals surface area contributed by atoms with Crippen LogP contribution in [-0.2, 0) is 4.79 Å². The topological polar surface area (TPSA) is 49.4 Å². The molecule has 0 aliphatic carbocycles. The lowest BCUT2D eigenvalue weighted by Gasteiger charge is -2.21. The van der Waals surface area contributed by atoms with E-state index in [0.717, 1.165) is 13.0 Å². The molecule has 6 heteroatoms. The fourth-order valence-corrected chi connectivity index (χ4v) is 2.58. The maximum atomic E-state index is 13.7. The number of hydrogen-bond donors (Lipinski definition) is 1. The highest BCUT2D eigenvalue weighted by Gasteiger charge is 2.23. The largest absolute Gasteiger partial charge is 0.348 e. The van der Waals surface area contributed by atoms with Crippen molar-refractivity contribution in [3.63, 3.8) is 0 Å². The molecule has 1 heterocycles. The van der Waals surface area contributed by atoms with Crippen LogP contribution < -0.4 is 5.32 Å². The van der Waals surface area contributed by atoms with Gasteiger partial charge in [-0.1, -0.05) is 15.9 Å². The van der Waals surface area contributed by atoms with E-state index in [4.69, 9.17) is 0 Å². The van der Waals surface area contributed by atoms with Gasteiger partial charge in [-0.15, -0.1) is 0 Å². The van der Waals surface area contributed by atoms with E-state index >= 15 is 0 Å². The Morgan fingerprint density at radius 2 is 2.30 bits per heavy atom. The van der Waals surface area contributed by atoms with Gasteiger partial charge in [0.1, 0.15) is 5.82 Å². The molecule has 0 radical (unpaired) electrons. The average molecular weight is 343 g/mol. The molecule has 1 N–H and O–H groups in total. The van der Waals surface area contributed by atoms with Crippen molar-refractivity contribution in [3.05, 3.63) is 34.1 Å². The molecule has 20 heavy (non-hydrogen) atoms. The number of benzene rings is 1. The van der Waals surface area contributed by atoms with Crippen LogP contribution in [0, 0.1) is 5.82 Å². The monoisotopic (exact) mass is 342 g/mol. The molecule has 1 saturated heterocycles. The van der Waals surface area contributed by atoms with E-state index < -0.39 is 11.7 Å². The Morgan fingerprint density at radius 1 is 1.55 bits per heavy atom. The number of carbonyl (C=O) groups excluding carboxylic acids is 2. The van der Waals surface area contributed by atoms with Crippen LogP contribution in [0.15, 0.2) is 22.7 Å². The summed E-state index contributed by atoms with van der Waals surface area (Å²) >= 11 is 3.15. The summed E-state index contributed by atoms with van der Waals surface area (Å²) in [5.41, 5.74) is 0.00722. The second kappa shape index (κ2) is 6.35. The van der Waals surface area contributed by atoms with Crippen molar-refractivity contribution in [2.45, 2.75) is 25.8 Å². The van der Waals surface area contributed by atoms with Crippen LogP contribution in [0.3, 0.4) is 0 Å². The molecular weight excluding hydrogens is 327 g/mol. The van der Waals surface area contributed by atoms with E-state index in [2.05, 4.69) is 21.2 Å². The number of likely N-dealkylation sites (tertiary alicyclic amines) is 1. The molecule has 1 aliphatic heterocycles. The quantitative estimate of drug-likeness (QED) is 0.912. The predicted molar refractivity (Wildman–Crippen MR) is 76.8 cm³/mol. The van der Waals surface area contributed by atoms with Crippen LogP contribution in [0.25, 0.3) is 0 Å². The van der Waals surface area contributed by atoms with E-state index in [1.54, 1.807) is 17.9 Å². The van der Waals surface area contributed by atoms with Crippen LogP contribution >= 0.6 is 15.9 Å². The normalized spacial score (nSPS) is 16.4. The first-order valence-corrected chi connectivity index (χ1v) is 7.30. The third kappa shape index (κ3) is 3.56. The molecule has 1 aromatic rings. The summed E-state index contributed by atoms with van der Waals surface area (Å²) in [4.78, 5) is 25.2. The summed E-state index contributed by atoms with van der Waals surface area (Å²) in [5.74, 6) is -0.920. The molecule has 0 aromatic heterocycles. The van der Waals surface area contributed by atoms with Crippen LogP contribution in [0.1, 0.15) is 30.1 Å². The number of amides is 2. The summed E-state index contributed by atoms with van der Waals surface area (Å²) in [7, 11) is 0. The Hall–Kier alpha value is -1.43. The van der Waals surface area contributed by atoms with Gasteiger partial charge in [0.25, 0.3) is 5.91 Å². The predicted octanol–water partition coefficient (Wildman–Crippen LogP) is 2.33. The van der Waals surface area contributed by atoms with E-state index in [-0.39, 0.29) is 17.5 Å².